The number of amides is 2. The van der Waals surface area contributed by atoms with Crippen molar-refractivity contribution in [3.63, 3.8) is 0 Å². The smallest absolute Gasteiger partial charge is 0.311 e. The molecule has 3 atom stereocenters. The monoisotopic (exact) mass is 300 g/mol. The molecule has 21 heavy (non-hydrogen) atoms. The minimum absolute atomic E-state index is 0.0790. The first-order valence-electron chi connectivity index (χ1n) is 6.90. The van der Waals surface area contributed by atoms with Gasteiger partial charge in [-0.25, -0.2) is 0 Å². The van der Waals surface area contributed by atoms with E-state index < -0.39 is 23.8 Å². The van der Waals surface area contributed by atoms with Gasteiger partial charge in [0.1, 0.15) is 5.92 Å². The summed E-state index contributed by atoms with van der Waals surface area (Å²) in [6.07, 6.45) is 0.154. The maximum absolute atomic E-state index is 12.2. The molecule has 8 nitrogen and oxygen atoms in total. The molecule has 0 aromatic carbocycles. The minimum Gasteiger partial charge on any atom is -0.481 e. The summed E-state index contributed by atoms with van der Waals surface area (Å²) in [6, 6.07) is -0.530. The molecular weight excluding hydrogens is 280 g/mol. The molecule has 0 spiro atoms. The van der Waals surface area contributed by atoms with Gasteiger partial charge in [-0.3, -0.25) is 14.4 Å². The van der Waals surface area contributed by atoms with Gasteiger partial charge < -0.3 is 24.8 Å². The Labute approximate surface area is 122 Å². The van der Waals surface area contributed by atoms with Gasteiger partial charge in [-0.05, 0) is 0 Å². The van der Waals surface area contributed by atoms with Crippen LogP contribution in [0.5, 0.6) is 0 Å². The van der Waals surface area contributed by atoms with Crippen molar-refractivity contribution in [2.24, 2.45) is 11.8 Å². The van der Waals surface area contributed by atoms with Crippen LogP contribution in [-0.4, -0.2) is 73.9 Å². The Hall–Kier alpha value is -1.67. The van der Waals surface area contributed by atoms with Crippen LogP contribution in [0.15, 0.2) is 0 Å². The average molecular weight is 300 g/mol. The largest absolute Gasteiger partial charge is 0.481 e. The van der Waals surface area contributed by atoms with Gasteiger partial charge in [-0.2, -0.15) is 0 Å². The second-order valence-corrected chi connectivity index (χ2v) is 5.33. The third-order valence-electron chi connectivity index (χ3n) is 3.88. The molecule has 2 aliphatic heterocycles. The first-order chi connectivity index (χ1) is 10.0. The first-order valence-corrected chi connectivity index (χ1v) is 6.90. The highest BCUT2D eigenvalue weighted by molar-refractivity contribution is 5.89. The lowest BCUT2D eigenvalue weighted by molar-refractivity contribution is -0.142. The van der Waals surface area contributed by atoms with Crippen molar-refractivity contribution >= 4 is 17.8 Å². The molecule has 0 saturated carbocycles. The molecule has 0 bridgehead atoms. The number of carboxylic acid groups (broad SMARTS) is 1. The number of aliphatic carboxylic acids is 1. The van der Waals surface area contributed by atoms with Gasteiger partial charge in [-0.1, -0.05) is 0 Å². The van der Waals surface area contributed by atoms with Gasteiger partial charge in [0, 0.05) is 26.6 Å². The SMILES string of the molecule is COCCN1CC(C(=O)NC2COCC2C(=O)O)CC1=O. The van der Waals surface area contributed by atoms with E-state index in [1.165, 1.54) is 0 Å². The van der Waals surface area contributed by atoms with Crippen molar-refractivity contribution in [1.29, 1.82) is 0 Å². The molecule has 0 aromatic rings. The summed E-state index contributed by atoms with van der Waals surface area (Å²) in [7, 11) is 1.55. The molecule has 2 saturated heterocycles. The molecule has 2 N–H and O–H groups in total. The molecule has 118 valence electrons. The van der Waals surface area contributed by atoms with E-state index in [2.05, 4.69) is 5.32 Å². The molecule has 0 radical (unpaired) electrons. The third-order valence-corrected chi connectivity index (χ3v) is 3.88. The van der Waals surface area contributed by atoms with Crippen LogP contribution in [0.4, 0.5) is 0 Å². The zero-order valence-electron chi connectivity index (χ0n) is 11.9. The van der Waals surface area contributed by atoms with Crippen LogP contribution in [0.3, 0.4) is 0 Å². The molecule has 8 heteroatoms. The lowest BCUT2D eigenvalue weighted by Gasteiger charge is -2.19. The molecule has 2 aliphatic rings. The molecular formula is C13H20N2O6. The highest BCUT2D eigenvalue weighted by Gasteiger charge is 2.39. The van der Waals surface area contributed by atoms with E-state index in [0.717, 1.165) is 0 Å². The van der Waals surface area contributed by atoms with Crippen LogP contribution in [0.25, 0.3) is 0 Å². The highest BCUT2D eigenvalue weighted by Crippen LogP contribution is 2.20. The Bertz CT molecular complexity index is 427. The van der Waals surface area contributed by atoms with E-state index in [4.69, 9.17) is 14.6 Å². The summed E-state index contributed by atoms with van der Waals surface area (Å²) in [4.78, 5) is 36.6. The minimum atomic E-state index is -0.984. The number of carbonyl (C=O) groups is 3. The summed E-state index contributed by atoms with van der Waals surface area (Å²) in [6.45, 7) is 1.53. The second kappa shape index (κ2) is 6.86. The van der Waals surface area contributed by atoms with Gasteiger partial charge in [-0.15, -0.1) is 0 Å². The molecule has 2 rings (SSSR count). The Morgan fingerprint density at radius 1 is 1.48 bits per heavy atom. The Balaban J connectivity index is 1.86. The van der Waals surface area contributed by atoms with Crippen molar-refractivity contribution in [2.45, 2.75) is 12.5 Å². The molecule has 0 aliphatic carbocycles. The summed E-state index contributed by atoms with van der Waals surface area (Å²) in [5.74, 6) is -2.52. The van der Waals surface area contributed by atoms with E-state index in [1.807, 2.05) is 0 Å². The summed E-state index contributed by atoms with van der Waals surface area (Å²) < 4.78 is 10.0. The van der Waals surface area contributed by atoms with Crippen molar-refractivity contribution in [2.75, 3.05) is 40.0 Å². The molecule has 2 heterocycles. The number of likely N-dealkylation sites (tertiary alicyclic amines) is 1. The Kier molecular flexibility index (Phi) is 5.13. The average Bonchev–Trinajstić information content (AvgIpc) is 3.03. The highest BCUT2D eigenvalue weighted by atomic mass is 16.5. The zero-order chi connectivity index (χ0) is 15.4. The molecule has 0 aromatic heterocycles. The number of hydrogen-bond donors (Lipinski definition) is 2. The lowest BCUT2D eigenvalue weighted by atomic mass is 10.0. The summed E-state index contributed by atoms with van der Waals surface area (Å²) in [5.41, 5.74) is 0. The maximum atomic E-state index is 12.2. The second-order valence-electron chi connectivity index (χ2n) is 5.33. The van der Waals surface area contributed by atoms with E-state index in [-0.39, 0.29) is 31.4 Å². The van der Waals surface area contributed by atoms with Gasteiger partial charge in [0.2, 0.25) is 11.8 Å². The van der Waals surface area contributed by atoms with Crippen LogP contribution >= 0.6 is 0 Å². The quantitative estimate of drug-likeness (QED) is 0.631. The maximum Gasteiger partial charge on any atom is 0.311 e. The molecule has 3 unspecified atom stereocenters. The first kappa shape index (κ1) is 15.7. The van der Waals surface area contributed by atoms with E-state index in [9.17, 15) is 14.4 Å². The number of nitrogens with zero attached hydrogens (tertiary/aromatic N) is 1. The van der Waals surface area contributed by atoms with E-state index >= 15 is 0 Å². The topological polar surface area (TPSA) is 105 Å². The molecule has 2 amide bonds. The molecule has 2 fully saturated rings. The van der Waals surface area contributed by atoms with Crippen LogP contribution < -0.4 is 5.32 Å². The van der Waals surface area contributed by atoms with Crippen LogP contribution in [0.1, 0.15) is 6.42 Å². The number of rotatable bonds is 6. The van der Waals surface area contributed by atoms with Gasteiger partial charge in [0.25, 0.3) is 0 Å². The van der Waals surface area contributed by atoms with Gasteiger partial charge in [0.15, 0.2) is 0 Å². The van der Waals surface area contributed by atoms with Gasteiger partial charge in [0.05, 0.1) is 31.8 Å². The van der Waals surface area contributed by atoms with E-state index in [1.54, 1.807) is 12.0 Å². The van der Waals surface area contributed by atoms with Crippen molar-refractivity contribution in [3.8, 4) is 0 Å². The fourth-order valence-electron chi connectivity index (χ4n) is 2.61. The number of nitrogens with one attached hydrogen (secondary N) is 1. The fourth-order valence-corrected chi connectivity index (χ4v) is 2.61. The number of hydrogen-bond acceptors (Lipinski definition) is 5. The van der Waals surface area contributed by atoms with Crippen LogP contribution in [0, 0.1) is 11.8 Å². The van der Waals surface area contributed by atoms with Crippen LogP contribution in [0.2, 0.25) is 0 Å². The van der Waals surface area contributed by atoms with Gasteiger partial charge >= 0.3 is 5.97 Å². The fraction of sp³-hybridized carbons (Fsp3) is 0.769. The number of methoxy groups -OCH3 is 1. The Morgan fingerprint density at radius 3 is 2.90 bits per heavy atom. The number of ether oxygens (including phenoxy) is 2. The third kappa shape index (κ3) is 3.70. The van der Waals surface area contributed by atoms with Crippen molar-refractivity contribution in [1.82, 2.24) is 10.2 Å². The predicted molar refractivity (Wildman–Crippen MR) is 70.4 cm³/mol. The lowest BCUT2D eigenvalue weighted by Crippen LogP contribution is -2.45. The zero-order valence-corrected chi connectivity index (χ0v) is 11.9. The van der Waals surface area contributed by atoms with Crippen molar-refractivity contribution in [3.05, 3.63) is 0 Å². The normalized spacial score (nSPS) is 28.9. The van der Waals surface area contributed by atoms with E-state index in [0.29, 0.717) is 19.7 Å². The number of carboxylic acids is 1. The predicted octanol–water partition coefficient (Wildman–Crippen LogP) is -1.30. The Morgan fingerprint density at radius 2 is 2.24 bits per heavy atom. The van der Waals surface area contributed by atoms with Crippen LogP contribution in [-0.2, 0) is 23.9 Å². The van der Waals surface area contributed by atoms with Crippen molar-refractivity contribution < 1.29 is 29.0 Å². The standard InChI is InChI=1S/C13H20N2O6/c1-20-3-2-15-5-8(4-11(15)16)12(17)14-10-7-21-6-9(10)13(18)19/h8-10H,2-7H2,1H3,(H,14,17)(H,18,19). The summed E-state index contributed by atoms with van der Waals surface area (Å²) >= 11 is 0. The number of carbonyl (C=O) groups excluding carboxylic acids is 2. The summed E-state index contributed by atoms with van der Waals surface area (Å²) in [5, 5.41) is 11.7.